The molecule has 0 N–H and O–H groups in total. The molecule has 0 radical (unpaired) electrons. The monoisotopic (exact) mass is 191 g/mol. The van der Waals surface area contributed by atoms with Crippen LogP contribution in [0, 0.1) is 0 Å². The predicted molar refractivity (Wildman–Crippen MR) is 52.0 cm³/mol. The van der Waals surface area contributed by atoms with Crippen molar-refractivity contribution in [1.82, 2.24) is 4.98 Å². The quantitative estimate of drug-likeness (QED) is 0.723. The predicted octanol–water partition coefficient (Wildman–Crippen LogP) is 1.33. The van der Waals surface area contributed by atoms with Crippen molar-refractivity contribution < 1.29 is 9.53 Å². The molecule has 0 aliphatic carbocycles. The normalized spacial score (nSPS) is 18.6. The van der Waals surface area contributed by atoms with Crippen LogP contribution < -0.4 is 0 Å². The van der Waals surface area contributed by atoms with Crippen LogP contribution >= 0.6 is 0 Å². The highest BCUT2D eigenvalue weighted by Crippen LogP contribution is 2.35. The average Bonchev–Trinajstić information content (AvgIpc) is 2.12. The van der Waals surface area contributed by atoms with E-state index in [1.807, 2.05) is 12.1 Å². The Balaban J connectivity index is 2.25. The van der Waals surface area contributed by atoms with Crippen molar-refractivity contribution in [3.8, 4) is 0 Å². The van der Waals surface area contributed by atoms with Crippen LogP contribution in [0.25, 0.3) is 0 Å². The summed E-state index contributed by atoms with van der Waals surface area (Å²) in [4.78, 5) is 15.1. The Bertz CT molecular complexity index is 330. The summed E-state index contributed by atoms with van der Waals surface area (Å²) in [6.07, 6.45) is 4.09. The number of carbonyl (C=O) groups excluding carboxylic acids is 1. The highest BCUT2D eigenvalue weighted by atomic mass is 16.5. The summed E-state index contributed by atoms with van der Waals surface area (Å²) in [7, 11) is 0. The van der Waals surface area contributed by atoms with Crippen molar-refractivity contribution >= 4 is 5.78 Å². The number of hydrogen-bond acceptors (Lipinski definition) is 3. The third kappa shape index (κ3) is 1.55. The first-order chi connectivity index (χ1) is 6.73. The van der Waals surface area contributed by atoms with Crippen molar-refractivity contribution in [3.05, 3.63) is 30.1 Å². The van der Waals surface area contributed by atoms with Crippen molar-refractivity contribution in [2.24, 2.45) is 0 Å². The summed E-state index contributed by atoms with van der Waals surface area (Å²) in [6, 6.07) is 3.93. The van der Waals surface area contributed by atoms with E-state index in [0.717, 1.165) is 5.56 Å². The number of carbonyl (C=O) groups is 1. The molecular formula is C11H13NO2. The van der Waals surface area contributed by atoms with Gasteiger partial charge in [-0.25, -0.2) is 0 Å². The van der Waals surface area contributed by atoms with Gasteiger partial charge in [0.25, 0.3) is 0 Å². The van der Waals surface area contributed by atoms with Gasteiger partial charge in [-0.05, 0) is 24.6 Å². The minimum absolute atomic E-state index is 0.0746. The fourth-order valence-corrected chi connectivity index (χ4v) is 1.90. The van der Waals surface area contributed by atoms with Gasteiger partial charge in [0.15, 0.2) is 0 Å². The van der Waals surface area contributed by atoms with Crippen LogP contribution in [0.5, 0.6) is 0 Å². The molecule has 1 aliphatic heterocycles. The lowest BCUT2D eigenvalue weighted by atomic mass is 9.75. The molecule has 0 saturated carbocycles. The zero-order chi connectivity index (χ0) is 10.0. The molecule has 0 aromatic carbocycles. The molecule has 0 amide bonds. The fraction of sp³-hybridized carbons (Fsp3) is 0.455. The molecule has 3 heteroatoms. The molecule has 14 heavy (non-hydrogen) atoms. The summed E-state index contributed by atoms with van der Waals surface area (Å²) in [5.74, 6) is 0.213. The van der Waals surface area contributed by atoms with Crippen LogP contribution in [-0.4, -0.2) is 24.0 Å². The minimum Gasteiger partial charge on any atom is -0.379 e. The van der Waals surface area contributed by atoms with Gasteiger partial charge in [0.05, 0.1) is 13.2 Å². The van der Waals surface area contributed by atoms with Gasteiger partial charge in [-0.1, -0.05) is 0 Å². The van der Waals surface area contributed by atoms with Gasteiger partial charge < -0.3 is 4.74 Å². The molecule has 1 fully saturated rings. The third-order valence-electron chi connectivity index (χ3n) is 2.64. The number of pyridine rings is 1. The van der Waals surface area contributed by atoms with Gasteiger partial charge in [0, 0.05) is 24.2 Å². The molecule has 0 atom stereocenters. The Hall–Kier alpha value is -1.22. The molecule has 3 nitrogen and oxygen atoms in total. The molecule has 74 valence electrons. The summed E-state index contributed by atoms with van der Waals surface area (Å²) in [5.41, 5.74) is 1.09. The summed E-state index contributed by atoms with van der Waals surface area (Å²) in [6.45, 7) is 2.93. The third-order valence-corrected chi connectivity index (χ3v) is 2.64. The van der Waals surface area contributed by atoms with Gasteiger partial charge in [0.1, 0.15) is 5.78 Å². The number of nitrogens with zero attached hydrogens (tertiary/aromatic N) is 1. The second kappa shape index (κ2) is 3.50. The fourth-order valence-electron chi connectivity index (χ4n) is 1.90. The first-order valence-electron chi connectivity index (χ1n) is 4.71. The zero-order valence-corrected chi connectivity index (χ0v) is 8.19. The second-order valence-corrected chi connectivity index (χ2v) is 3.89. The van der Waals surface area contributed by atoms with Crippen LogP contribution in [0.2, 0.25) is 0 Å². The lowest BCUT2D eigenvalue weighted by molar-refractivity contribution is -0.125. The highest BCUT2D eigenvalue weighted by Gasteiger charge is 2.41. The van der Waals surface area contributed by atoms with E-state index >= 15 is 0 Å². The second-order valence-electron chi connectivity index (χ2n) is 3.89. The lowest BCUT2D eigenvalue weighted by Crippen LogP contribution is -2.47. The smallest absolute Gasteiger partial charge is 0.130 e. The Morgan fingerprint density at radius 3 is 2.57 bits per heavy atom. The molecule has 2 heterocycles. The van der Waals surface area contributed by atoms with Crippen LogP contribution in [0.4, 0.5) is 0 Å². The molecule has 1 aromatic rings. The topological polar surface area (TPSA) is 39.2 Å². The van der Waals surface area contributed by atoms with Crippen molar-refractivity contribution in [1.29, 1.82) is 0 Å². The van der Waals surface area contributed by atoms with Gasteiger partial charge in [-0.2, -0.15) is 0 Å². The molecular weight excluding hydrogens is 178 g/mol. The number of rotatable bonds is 3. The molecule has 1 aliphatic rings. The maximum absolute atomic E-state index is 11.2. The van der Waals surface area contributed by atoms with E-state index in [0.29, 0.717) is 19.6 Å². The molecule has 1 saturated heterocycles. The first kappa shape index (κ1) is 9.34. The van der Waals surface area contributed by atoms with Crippen molar-refractivity contribution in [3.63, 3.8) is 0 Å². The Kier molecular flexibility index (Phi) is 2.33. The number of Topliss-reactive ketones (excluding diaryl/α,β-unsaturated/α-hetero) is 1. The van der Waals surface area contributed by atoms with Crippen LogP contribution in [0.3, 0.4) is 0 Å². The molecule has 0 bridgehead atoms. The first-order valence-corrected chi connectivity index (χ1v) is 4.71. The summed E-state index contributed by atoms with van der Waals surface area (Å²) >= 11 is 0. The average molecular weight is 191 g/mol. The van der Waals surface area contributed by atoms with Gasteiger partial charge in [-0.3, -0.25) is 9.78 Å². The number of ketones is 1. The van der Waals surface area contributed by atoms with Gasteiger partial charge in [-0.15, -0.1) is 0 Å². The van der Waals surface area contributed by atoms with E-state index in [4.69, 9.17) is 4.74 Å². The largest absolute Gasteiger partial charge is 0.379 e. The number of aromatic nitrogens is 1. The molecule has 0 spiro atoms. The molecule has 1 aromatic heterocycles. The summed E-state index contributed by atoms with van der Waals surface area (Å²) < 4.78 is 5.22. The standard InChI is InChI=1S/C11H13NO2/c1-9(13)6-11(7-14-8-11)10-2-4-12-5-3-10/h2-5H,6-8H2,1H3. The van der Waals surface area contributed by atoms with Crippen LogP contribution in [0.1, 0.15) is 18.9 Å². The van der Waals surface area contributed by atoms with E-state index in [-0.39, 0.29) is 11.2 Å². The maximum Gasteiger partial charge on any atom is 0.130 e. The SMILES string of the molecule is CC(=O)CC1(c2ccncc2)COC1. The Labute approximate surface area is 83.1 Å². The van der Waals surface area contributed by atoms with Crippen molar-refractivity contribution in [2.45, 2.75) is 18.8 Å². The van der Waals surface area contributed by atoms with Crippen molar-refractivity contribution in [2.75, 3.05) is 13.2 Å². The van der Waals surface area contributed by atoms with E-state index in [9.17, 15) is 4.79 Å². The molecule has 2 rings (SSSR count). The maximum atomic E-state index is 11.2. The Morgan fingerprint density at radius 2 is 2.14 bits per heavy atom. The highest BCUT2D eigenvalue weighted by molar-refractivity contribution is 5.77. The van der Waals surface area contributed by atoms with E-state index in [1.165, 1.54) is 0 Å². The van der Waals surface area contributed by atoms with Gasteiger partial charge in [0.2, 0.25) is 0 Å². The van der Waals surface area contributed by atoms with Crippen LogP contribution in [0.15, 0.2) is 24.5 Å². The zero-order valence-electron chi connectivity index (χ0n) is 8.19. The van der Waals surface area contributed by atoms with Gasteiger partial charge >= 0.3 is 0 Å². The van der Waals surface area contributed by atoms with E-state index < -0.39 is 0 Å². The summed E-state index contributed by atoms with van der Waals surface area (Å²) in [5, 5.41) is 0. The lowest BCUT2D eigenvalue weighted by Gasteiger charge is -2.41. The van der Waals surface area contributed by atoms with Crippen LogP contribution in [-0.2, 0) is 14.9 Å². The Morgan fingerprint density at radius 1 is 1.50 bits per heavy atom. The van der Waals surface area contributed by atoms with E-state index in [1.54, 1.807) is 19.3 Å². The molecule has 0 unspecified atom stereocenters. The number of hydrogen-bond donors (Lipinski definition) is 0. The number of ether oxygens (including phenoxy) is 1. The van der Waals surface area contributed by atoms with E-state index in [2.05, 4.69) is 4.98 Å². The minimum atomic E-state index is -0.0746.